The Hall–Kier alpha value is -3.65. The molecular formula is C29H34FN5O2. The molecule has 0 aliphatic carbocycles. The highest BCUT2D eigenvalue weighted by Gasteiger charge is 2.49. The van der Waals surface area contributed by atoms with Crippen LogP contribution >= 0.6 is 0 Å². The van der Waals surface area contributed by atoms with E-state index in [1.54, 1.807) is 12.1 Å². The third-order valence-corrected chi connectivity index (χ3v) is 7.37. The number of aliphatic hydroxyl groups is 1. The number of aromatic nitrogens is 2. The van der Waals surface area contributed by atoms with Crippen molar-refractivity contribution in [3.8, 4) is 5.69 Å². The molecule has 0 spiro atoms. The van der Waals surface area contributed by atoms with Gasteiger partial charge in [0, 0.05) is 37.1 Å². The van der Waals surface area contributed by atoms with Gasteiger partial charge in [-0.2, -0.15) is 0 Å². The highest BCUT2D eigenvalue weighted by molar-refractivity contribution is 6.04. The predicted octanol–water partition coefficient (Wildman–Crippen LogP) is 5.14. The fourth-order valence-corrected chi connectivity index (χ4v) is 5.39. The Bertz CT molecular complexity index is 1340. The average Bonchev–Trinajstić information content (AvgIpc) is 3.51. The molecule has 3 heterocycles. The number of aryl methyl sites for hydroxylation is 2. The van der Waals surface area contributed by atoms with Crippen LogP contribution in [0.15, 0.2) is 59.7 Å². The molecule has 1 N–H and O–H groups in total. The quantitative estimate of drug-likeness (QED) is 0.484. The summed E-state index contributed by atoms with van der Waals surface area (Å²) >= 11 is 0. The third-order valence-electron chi connectivity index (χ3n) is 7.37. The van der Waals surface area contributed by atoms with E-state index in [1.807, 2.05) is 24.3 Å². The topological polar surface area (TPSA) is 66.1 Å². The Balaban J connectivity index is 1.56. The number of nitrogens with zero attached hydrogens (tertiary/aromatic N) is 5. The summed E-state index contributed by atoms with van der Waals surface area (Å²) in [6.45, 7) is 10.6. The normalized spacial score (nSPS) is 20.1. The van der Waals surface area contributed by atoms with E-state index < -0.39 is 5.72 Å². The van der Waals surface area contributed by atoms with Crippen molar-refractivity contribution in [1.29, 1.82) is 0 Å². The predicted molar refractivity (Wildman–Crippen MR) is 144 cm³/mol. The van der Waals surface area contributed by atoms with Gasteiger partial charge in [0.05, 0.1) is 17.7 Å². The fraction of sp³-hybridized carbons (Fsp3) is 0.379. The van der Waals surface area contributed by atoms with Crippen molar-refractivity contribution in [3.63, 3.8) is 0 Å². The number of halogens is 1. The largest absolute Gasteiger partial charge is 0.390 e. The fourth-order valence-electron chi connectivity index (χ4n) is 5.39. The van der Waals surface area contributed by atoms with E-state index in [2.05, 4.69) is 58.6 Å². The Morgan fingerprint density at radius 1 is 1.16 bits per heavy atom. The highest BCUT2D eigenvalue weighted by Crippen LogP contribution is 2.41. The van der Waals surface area contributed by atoms with E-state index >= 15 is 0 Å². The Kier molecular flexibility index (Phi) is 6.77. The van der Waals surface area contributed by atoms with Gasteiger partial charge >= 0.3 is 0 Å². The van der Waals surface area contributed by atoms with E-state index in [0.717, 1.165) is 65.5 Å². The smallest absolute Gasteiger partial charge is 0.260 e. The summed E-state index contributed by atoms with van der Waals surface area (Å²) in [4.78, 5) is 14.7. The number of rotatable bonds is 7. The summed E-state index contributed by atoms with van der Waals surface area (Å²) in [5.74, 6) is 0.394. The molecule has 3 aromatic rings. The molecule has 0 saturated carbocycles. The van der Waals surface area contributed by atoms with Crippen molar-refractivity contribution in [2.45, 2.75) is 46.3 Å². The third kappa shape index (κ3) is 4.39. The minimum absolute atomic E-state index is 0.290. The molecule has 2 aromatic carbocycles. The van der Waals surface area contributed by atoms with Crippen molar-refractivity contribution in [1.82, 2.24) is 14.5 Å². The first kappa shape index (κ1) is 25.0. The summed E-state index contributed by atoms with van der Waals surface area (Å²) in [5, 5.41) is 14.9. The van der Waals surface area contributed by atoms with Crippen LogP contribution in [0.1, 0.15) is 49.1 Å². The zero-order valence-electron chi connectivity index (χ0n) is 21.9. The van der Waals surface area contributed by atoms with E-state index in [4.69, 9.17) is 4.84 Å². The van der Waals surface area contributed by atoms with Gasteiger partial charge in [0.1, 0.15) is 12.4 Å². The van der Waals surface area contributed by atoms with Crippen LogP contribution in [0.25, 0.3) is 11.8 Å². The standard InChI is InChI=1S/C29H34FN5O2/c1-5-33(6-2)27-16-26(34-17-21(4)31-19-34)20(3)14-23(27)15-22-8-7-13-35-28(22)32-37-29(35,18-36)24-9-11-25(30)12-10-24/h9-12,14-17,19,36H,5-8,13,18H2,1-4H3. The molecule has 1 saturated heterocycles. The average molecular weight is 504 g/mol. The second kappa shape index (κ2) is 10.0. The van der Waals surface area contributed by atoms with E-state index in [-0.39, 0.29) is 12.4 Å². The molecule has 1 aromatic heterocycles. The molecule has 2 aliphatic heterocycles. The van der Waals surface area contributed by atoms with Crippen molar-refractivity contribution >= 4 is 17.6 Å². The van der Waals surface area contributed by atoms with Crippen LogP contribution in [0.2, 0.25) is 0 Å². The zero-order valence-corrected chi connectivity index (χ0v) is 21.9. The summed E-state index contributed by atoms with van der Waals surface area (Å²) in [7, 11) is 0. The lowest BCUT2D eigenvalue weighted by Gasteiger charge is -2.39. The minimum atomic E-state index is -1.15. The maximum Gasteiger partial charge on any atom is 0.260 e. The molecule has 7 nitrogen and oxygen atoms in total. The van der Waals surface area contributed by atoms with Crippen LogP contribution in [0.4, 0.5) is 10.1 Å². The second-order valence-corrected chi connectivity index (χ2v) is 9.67. The Morgan fingerprint density at radius 3 is 2.57 bits per heavy atom. The van der Waals surface area contributed by atoms with Gasteiger partial charge in [-0.25, -0.2) is 9.37 Å². The van der Waals surface area contributed by atoms with Crippen molar-refractivity contribution < 1.29 is 14.3 Å². The van der Waals surface area contributed by atoms with Gasteiger partial charge in [-0.05, 0) is 99.7 Å². The maximum absolute atomic E-state index is 13.6. The van der Waals surface area contributed by atoms with Crippen LogP contribution in [-0.2, 0) is 10.6 Å². The first-order chi connectivity index (χ1) is 17.9. The molecule has 1 unspecified atom stereocenters. The van der Waals surface area contributed by atoms with Gasteiger partial charge in [-0.1, -0.05) is 5.16 Å². The second-order valence-electron chi connectivity index (χ2n) is 9.67. The highest BCUT2D eigenvalue weighted by atomic mass is 19.1. The molecule has 0 radical (unpaired) electrons. The summed E-state index contributed by atoms with van der Waals surface area (Å²) in [6, 6.07) is 10.5. The molecular weight excluding hydrogens is 469 g/mol. The SMILES string of the molecule is CCN(CC)c1cc(-n2cnc(C)c2)c(C)cc1C=C1CCCN2C1=NOC2(CO)c1ccc(F)cc1. The number of aliphatic hydroxyl groups excluding tert-OH is 1. The van der Waals surface area contributed by atoms with Crippen molar-refractivity contribution in [3.05, 3.63) is 82.7 Å². The molecule has 8 heteroatoms. The number of amidine groups is 1. The minimum Gasteiger partial charge on any atom is -0.390 e. The number of hydrogen-bond acceptors (Lipinski definition) is 6. The molecule has 1 fully saturated rings. The number of oxime groups is 1. The van der Waals surface area contributed by atoms with Gasteiger partial charge < -0.3 is 24.3 Å². The van der Waals surface area contributed by atoms with Gasteiger partial charge in [-0.3, -0.25) is 0 Å². The molecule has 0 amide bonds. The summed E-state index contributed by atoms with van der Waals surface area (Å²) in [6.07, 6.45) is 7.84. The molecule has 2 aliphatic rings. The van der Waals surface area contributed by atoms with Gasteiger partial charge in [0.2, 0.25) is 0 Å². The first-order valence-corrected chi connectivity index (χ1v) is 12.9. The zero-order chi connectivity index (χ0) is 26.2. The molecule has 194 valence electrons. The van der Waals surface area contributed by atoms with Crippen LogP contribution in [0, 0.1) is 19.7 Å². The lowest BCUT2D eigenvalue weighted by atomic mass is 9.94. The Morgan fingerprint density at radius 2 is 1.92 bits per heavy atom. The van der Waals surface area contributed by atoms with E-state index in [9.17, 15) is 9.50 Å². The first-order valence-electron chi connectivity index (χ1n) is 12.9. The lowest BCUT2D eigenvalue weighted by Crippen LogP contribution is -2.51. The van der Waals surface area contributed by atoms with E-state index in [0.29, 0.717) is 12.1 Å². The molecule has 37 heavy (non-hydrogen) atoms. The summed E-state index contributed by atoms with van der Waals surface area (Å²) in [5.41, 5.74) is 6.07. The number of imidazole rings is 1. The number of piperidine rings is 1. The van der Waals surface area contributed by atoms with Crippen molar-refractivity contribution in [2.24, 2.45) is 5.16 Å². The number of fused-ring (bicyclic) bond motifs is 1. The van der Waals surface area contributed by atoms with Crippen LogP contribution in [0.3, 0.4) is 0 Å². The van der Waals surface area contributed by atoms with Gasteiger partial charge in [-0.15, -0.1) is 0 Å². The van der Waals surface area contributed by atoms with Crippen molar-refractivity contribution in [2.75, 3.05) is 31.1 Å². The maximum atomic E-state index is 13.6. The molecule has 5 rings (SSSR count). The lowest BCUT2D eigenvalue weighted by molar-refractivity contribution is -0.137. The van der Waals surface area contributed by atoms with Crippen LogP contribution < -0.4 is 4.90 Å². The monoisotopic (exact) mass is 503 g/mol. The number of anilines is 1. The van der Waals surface area contributed by atoms with Crippen LogP contribution in [0.5, 0.6) is 0 Å². The molecule has 0 bridgehead atoms. The summed E-state index contributed by atoms with van der Waals surface area (Å²) < 4.78 is 15.7. The van der Waals surface area contributed by atoms with Gasteiger partial charge in [0.25, 0.3) is 5.72 Å². The number of hydrogen-bond donors (Lipinski definition) is 1. The number of benzene rings is 2. The van der Waals surface area contributed by atoms with Crippen LogP contribution in [-0.4, -0.2) is 51.6 Å². The Labute approximate surface area is 217 Å². The molecule has 1 atom stereocenters. The van der Waals surface area contributed by atoms with Gasteiger partial charge in [0.15, 0.2) is 5.84 Å². The van der Waals surface area contributed by atoms with E-state index in [1.165, 1.54) is 12.1 Å².